The molecule has 7 rings (SSSR count). The number of hydrogen-bond acceptors (Lipinski definition) is 0. The van der Waals surface area contributed by atoms with E-state index >= 15 is 0 Å². The molecule has 0 spiro atoms. The van der Waals surface area contributed by atoms with E-state index in [0.717, 1.165) is 25.7 Å². The van der Waals surface area contributed by atoms with Crippen molar-refractivity contribution in [1.82, 2.24) is 0 Å². The SMILES string of the molecule is CCc1ccc2c(c1)C(C)(C)c1cc(CC)cc(-c3ccc(-c4cc(CC)cc5c4-c4ccc(CC)cc4C5(C)C)cc3)c1-2. The Hall–Kier alpha value is -3.90. The number of rotatable bonds is 6. The Bertz CT molecular complexity index is 1790. The van der Waals surface area contributed by atoms with Crippen LogP contribution < -0.4 is 0 Å². The van der Waals surface area contributed by atoms with Gasteiger partial charge < -0.3 is 0 Å². The van der Waals surface area contributed by atoms with Crippen LogP contribution in [0.1, 0.15) is 99.9 Å². The average molecular weight is 575 g/mol. The molecule has 0 fully saturated rings. The van der Waals surface area contributed by atoms with Gasteiger partial charge in [0.15, 0.2) is 0 Å². The smallest absolute Gasteiger partial charge is 0.0159 e. The average Bonchev–Trinajstić information content (AvgIpc) is 3.42. The maximum atomic E-state index is 2.47. The Balaban J connectivity index is 1.39. The van der Waals surface area contributed by atoms with Crippen LogP contribution in [0.15, 0.2) is 84.9 Å². The third kappa shape index (κ3) is 4.17. The summed E-state index contributed by atoms with van der Waals surface area (Å²) in [5.41, 5.74) is 22.5. The highest BCUT2D eigenvalue weighted by Crippen LogP contribution is 2.55. The molecule has 0 radical (unpaired) electrons. The van der Waals surface area contributed by atoms with E-state index in [1.165, 1.54) is 89.0 Å². The summed E-state index contributed by atoms with van der Waals surface area (Å²) in [5.74, 6) is 0. The van der Waals surface area contributed by atoms with Crippen LogP contribution in [-0.4, -0.2) is 0 Å². The second-order valence-electron chi connectivity index (χ2n) is 14.1. The van der Waals surface area contributed by atoms with E-state index in [0.29, 0.717) is 0 Å². The lowest BCUT2D eigenvalue weighted by Gasteiger charge is -2.23. The number of benzene rings is 5. The summed E-state index contributed by atoms with van der Waals surface area (Å²) in [7, 11) is 0. The van der Waals surface area contributed by atoms with Gasteiger partial charge in [-0.3, -0.25) is 0 Å². The summed E-state index contributed by atoms with van der Waals surface area (Å²) in [6.07, 6.45) is 4.21. The molecule has 0 saturated carbocycles. The van der Waals surface area contributed by atoms with Crippen molar-refractivity contribution in [2.75, 3.05) is 0 Å². The summed E-state index contributed by atoms with van der Waals surface area (Å²) < 4.78 is 0. The zero-order chi connectivity index (χ0) is 31.0. The molecule has 222 valence electrons. The Morgan fingerprint density at radius 3 is 1.05 bits per heavy atom. The largest absolute Gasteiger partial charge is 0.0613 e. The number of fused-ring (bicyclic) bond motifs is 6. The van der Waals surface area contributed by atoms with Crippen molar-refractivity contribution in [2.45, 2.75) is 91.9 Å². The van der Waals surface area contributed by atoms with Crippen molar-refractivity contribution >= 4 is 0 Å². The second kappa shape index (κ2) is 10.3. The molecule has 0 N–H and O–H groups in total. The first kappa shape index (κ1) is 28.8. The molecule has 44 heavy (non-hydrogen) atoms. The highest BCUT2D eigenvalue weighted by Gasteiger charge is 2.39. The fourth-order valence-electron chi connectivity index (χ4n) is 8.05. The first-order valence-corrected chi connectivity index (χ1v) is 16.8. The third-order valence-corrected chi connectivity index (χ3v) is 10.9. The predicted octanol–water partition coefficient (Wildman–Crippen LogP) is 11.9. The molecule has 0 saturated heterocycles. The van der Waals surface area contributed by atoms with Crippen molar-refractivity contribution in [2.24, 2.45) is 0 Å². The monoisotopic (exact) mass is 574 g/mol. The van der Waals surface area contributed by atoms with E-state index in [9.17, 15) is 0 Å². The Kier molecular flexibility index (Phi) is 6.78. The van der Waals surface area contributed by atoms with Crippen LogP contribution in [0, 0.1) is 0 Å². The number of aryl methyl sites for hydroxylation is 4. The van der Waals surface area contributed by atoms with Gasteiger partial charge in [0.05, 0.1) is 0 Å². The van der Waals surface area contributed by atoms with Gasteiger partial charge in [0, 0.05) is 10.8 Å². The van der Waals surface area contributed by atoms with E-state index in [2.05, 4.69) is 140 Å². The minimum atomic E-state index is -0.00526. The van der Waals surface area contributed by atoms with Crippen molar-refractivity contribution in [3.63, 3.8) is 0 Å². The normalized spacial score (nSPS) is 15.1. The Morgan fingerprint density at radius 1 is 0.364 bits per heavy atom. The van der Waals surface area contributed by atoms with Crippen LogP contribution in [-0.2, 0) is 36.5 Å². The molecule has 0 amide bonds. The Labute approximate surface area is 265 Å². The molecule has 2 aliphatic carbocycles. The van der Waals surface area contributed by atoms with Crippen molar-refractivity contribution in [3.8, 4) is 44.5 Å². The van der Waals surface area contributed by atoms with Gasteiger partial charge in [0.25, 0.3) is 0 Å². The van der Waals surface area contributed by atoms with E-state index in [4.69, 9.17) is 0 Å². The van der Waals surface area contributed by atoms with Gasteiger partial charge >= 0.3 is 0 Å². The van der Waals surface area contributed by atoms with Gasteiger partial charge in [-0.2, -0.15) is 0 Å². The molecule has 0 heterocycles. The van der Waals surface area contributed by atoms with Gasteiger partial charge in [-0.1, -0.05) is 140 Å². The highest BCUT2D eigenvalue weighted by molar-refractivity contribution is 5.96. The first-order valence-electron chi connectivity index (χ1n) is 16.8. The highest BCUT2D eigenvalue weighted by atomic mass is 14.4. The molecule has 5 aromatic carbocycles. The summed E-state index contributed by atoms with van der Waals surface area (Å²) in [6, 6.07) is 33.7. The molecule has 0 heteroatoms. The van der Waals surface area contributed by atoms with E-state index in [-0.39, 0.29) is 10.8 Å². The molecule has 0 unspecified atom stereocenters. The van der Waals surface area contributed by atoms with E-state index in [1.54, 1.807) is 0 Å². The maximum Gasteiger partial charge on any atom is 0.0159 e. The van der Waals surface area contributed by atoms with Crippen LogP contribution in [0.5, 0.6) is 0 Å². The van der Waals surface area contributed by atoms with Crippen LogP contribution in [0.3, 0.4) is 0 Å². The Morgan fingerprint density at radius 2 is 0.705 bits per heavy atom. The van der Waals surface area contributed by atoms with E-state index < -0.39 is 0 Å². The molecule has 0 bridgehead atoms. The molecule has 0 aliphatic heterocycles. The summed E-state index contributed by atoms with van der Waals surface area (Å²) in [4.78, 5) is 0. The molecule has 2 aliphatic rings. The van der Waals surface area contributed by atoms with Crippen molar-refractivity contribution in [3.05, 3.63) is 129 Å². The molecule has 0 aromatic heterocycles. The lowest BCUT2D eigenvalue weighted by atomic mass is 9.80. The quantitative estimate of drug-likeness (QED) is 0.189. The molecule has 0 atom stereocenters. The standard InChI is InChI=1S/C44H46/c1-9-27-13-19-33-37(23-27)43(5,6)39-25-29(11-3)21-35(41(33)39)31-15-17-32(18-16-31)36-22-30(12-4)26-40-42(36)34-20-14-28(10-2)24-38(34)44(40,7)8/h13-26H,9-12H2,1-8H3. The van der Waals surface area contributed by atoms with Crippen LogP contribution in [0.2, 0.25) is 0 Å². The van der Waals surface area contributed by atoms with Gasteiger partial charge in [-0.05, 0) is 115 Å². The fraction of sp³-hybridized carbons (Fsp3) is 0.318. The topological polar surface area (TPSA) is 0 Å². The zero-order valence-corrected chi connectivity index (χ0v) is 27.9. The van der Waals surface area contributed by atoms with Gasteiger partial charge in [0.1, 0.15) is 0 Å². The summed E-state index contributed by atoms with van der Waals surface area (Å²) >= 11 is 0. The molecule has 5 aromatic rings. The third-order valence-electron chi connectivity index (χ3n) is 10.9. The zero-order valence-electron chi connectivity index (χ0n) is 27.9. The minimum absolute atomic E-state index is 0.00526. The minimum Gasteiger partial charge on any atom is -0.0613 e. The second-order valence-corrected chi connectivity index (χ2v) is 14.1. The molecular weight excluding hydrogens is 528 g/mol. The van der Waals surface area contributed by atoms with Gasteiger partial charge in [-0.15, -0.1) is 0 Å². The van der Waals surface area contributed by atoms with Crippen molar-refractivity contribution < 1.29 is 0 Å². The van der Waals surface area contributed by atoms with Gasteiger partial charge in [0.2, 0.25) is 0 Å². The van der Waals surface area contributed by atoms with E-state index in [1.807, 2.05) is 0 Å². The first-order chi connectivity index (χ1) is 21.1. The maximum absolute atomic E-state index is 2.47. The predicted molar refractivity (Wildman–Crippen MR) is 190 cm³/mol. The number of hydrogen-bond donors (Lipinski definition) is 0. The summed E-state index contributed by atoms with van der Waals surface area (Å²) in [6.45, 7) is 18.7. The molecule has 0 nitrogen and oxygen atoms in total. The lowest BCUT2D eigenvalue weighted by Crippen LogP contribution is -2.15. The fourth-order valence-corrected chi connectivity index (χ4v) is 8.05. The van der Waals surface area contributed by atoms with Crippen LogP contribution in [0.25, 0.3) is 44.5 Å². The van der Waals surface area contributed by atoms with Gasteiger partial charge in [-0.25, -0.2) is 0 Å². The lowest BCUT2D eigenvalue weighted by molar-refractivity contribution is 0.658. The van der Waals surface area contributed by atoms with Crippen molar-refractivity contribution in [1.29, 1.82) is 0 Å². The van der Waals surface area contributed by atoms with Crippen LogP contribution >= 0.6 is 0 Å². The summed E-state index contributed by atoms with van der Waals surface area (Å²) in [5, 5.41) is 0. The molecular formula is C44H46. The van der Waals surface area contributed by atoms with Crippen LogP contribution in [0.4, 0.5) is 0 Å².